The third-order valence-electron chi connectivity index (χ3n) is 2.37. The van der Waals surface area contributed by atoms with Crippen LogP contribution in [0, 0.1) is 0 Å². The highest BCUT2D eigenvalue weighted by Crippen LogP contribution is 2.23. The molecule has 0 radical (unpaired) electrons. The van der Waals surface area contributed by atoms with Crippen molar-refractivity contribution in [3.8, 4) is 11.5 Å². The number of hydrogen-bond donors (Lipinski definition) is 1. The zero-order valence-electron chi connectivity index (χ0n) is 11.0. The zero-order valence-corrected chi connectivity index (χ0v) is 11.0. The molecule has 0 saturated heterocycles. The van der Waals surface area contributed by atoms with Crippen molar-refractivity contribution in [2.75, 3.05) is 20.8 Å². The van der Waals surface area contributed by atoms with Crippen LogP contribution in [0.3, 0.4) is 0 Å². The van der Waals surface area contributed by atoms with Gasteiger partial charge in [-0.15, -0.1) is 0 Å². The second kappa shape index (κ2) is 7.37. The van der Waals surface area contributed by atoms with E-state index in [4.69, 9.17) is 9.47 Å². The van der Waals surface area contributed by atoms with E-state index in [0.29, 0.717) is 6.54 Å². The molecule has 18 heavy (non-hydrogen) atoms. The fraction of sp³-hybridized carbons (Fsp3) is 0.357. The first-order valence-corrected chi connectivity index (χ1v) is 5.79. The lowest BCUT2D eigenvalue weighted by molar-refractivity contribution is -0.118. The molecule has 0 saturated carbocycles. The summed E-state index contributed by atoms with van der Waals surface area (Å²) in [6.45, 7) is 2.16. The van der Waals surface area contributed by atoms with Crippen molar-refractivity contribution < 1.29 is 14.3 Å². The Morgan fingerprint density at radius 2 is 1.83 bits per heavy atom. The quantitative estimate of drug-likeness (QED) is 0.786. The molecule has 98 valence electrons. The Morgan fingerprint density at radius 3 is 2.33 bits per heavy atom. The number of amides is 1. The molecular weight excluding hydrogens is 230 g/mol. The lowest BCUT2D eigenvalue weighted by Gasteiger charge is -2.05. The Bertz CT molecular complexity index is 405. The van der Waals surface area contributed by atoms with Gasteiger partial charge in [-0.05, 0) is 24.1 Å². The van der Waals surface area contributed by atoms with Gasteiger partial charge in [0.25, 0.3) is 0 Å². The van der Waals surface area contributed by atoms with Crippen LogP contribution >= 0.6 is 0 Å². The first-order valence-electron chi connectivity index (χ1n) is 5.79. The number of methoxy groups -OCH3 is 2. The summed E-state index contributed by atoms with van der Waals surface area (Å²) in [5.41, 5.74) is 1.01. The fourth-order valence-corrected chi connectivity index (χ4v) is 1.48. The topological polar surface area (TPSA) is 47.6 Å². The molecule has 0 fully saturated rings. The maximum atomic E-state index is 10.7. The van der Waals surface area contributed by atoms with E-state index in [1.165, 1.54) is 6.92 Å². The van der Waals surface area contributed by atoms with E-state index in [2.05, 4.69) is 5.32 Å². The van der Waals surface area contributed by atoms with Crippen LogP contribution in [0.5, 0.6) is 11.5 Å². The first kappa shape index (κ1) is 14.1. The van der Waals surface area contributed by atoms with E-state index in [1.54, 1.807) is 14.2 Å². The summed E-state index contributed by atoms with van der Waals surface area (Å²) >= 11 is 0. The van der Waals surface area contributed by atoms with Gasteiger partial charge in [0.05, 0.1) is 14.2 Å². The predicted octanol–water partition coefficient (Wildman–Crippen LogP) is 2.24. The number of carbonyl (C=O) groups excluding carboxylic acids is 1. The molecule has 0 bridgehead atoms. The molecule has 1 aromatic carbocycles. The molecule has 1 N–H and O–H groups in total. The van der Waals surface area contributed by atoms with E-state index < -0.39 is 0 Å². The fourth-order valence-electron chi connectivity index (χ4n) is 1.48. The molecular formula is C14H19NO3. The van der Waals surface area contributed by atoms with Gasteiger partial charge in [0.1, 0.15) is 11.5 Å². The molecule has 4 nitrogen and oxygen atoms in total. The highest BCUT2D eigenvalue weighted by Gasteiger charge is 1.98. The summed E-state index contributed by atoms with van der Waals surface area (Å²) in [4.78, 5) is 10.7. The molecule has 1 aromatic rings. The van der Waals surface area contributed by atoms with Crippen molar-refractivity contribution in [2.24, 2.45) is 0 Å². The normalized spacial score (nSPS) is 10.4. The lowest BCUT2D eigenvalue weighted by atomic mass is 10.1. The summed E-state index contributed by atoms with van der Waals surface area (Å²) in [5.74, 6) is 1.51. The van der Waals surface area contributed by atoms with E-state index >= 15 is 0 Å². The van der Waals surface area contributed by atoms with Crippen LogP contribution in [0.25, 0.3) is 6.08 Å². The highest BCUT2D eigenvalue weighted by molar-refractivity contribution is 5.72. The lowest BCUT2D eigenvalue weighted by Crippen LogP contribution is -2.20. The Balaban J connectivity index is 2.60. The van der Waals surface area contributed by atoms with E-state index in [9.17, 15) is 4.79 Å². The van der Waals surface area contributed by atoms with Gasteiger partial charge in [0.2, 0.25) is 5.91 Å². The van der Waals surface area contributed by atoms with Gasteiger partial charge in [-0.1, -0.05) is 12.2 Å². The standard InChI is InChI=1S/C14H19NO3/c1-11(16)15-7-5-4-6-12-8-13(17-2)10-14(9-12)18-3/h4,6,8-10H,5,7H2,1-3H3,(H,15,16). The smallest absolute Gasteiger partial charge is 0.216 e. The molecule has 0 aliphatic heterocycles. The van der Waals surface area contributed by atoms with E-state index in [1.807, 2.05) is 30.4 Å². The Hall–Kier alpha value is -1.97. The van der Waals surface area contributed by atoms with Crippen molar-refractivity contribution in [2.45, 2.75) is 13.3 Å². The van der Waals surface area contributed by atoms with Gasteiger partial charge in [-0.2, -0.15) is 0 Å². The average Bonchev–Trinajstić information content (AvgIpc) is 2.37. The monoisotopic (exact) mass is 249 g/mol. The minimum absolute atomic E-state index is 0.00792. The average molecular weight is 249 g/mol. The number of hydrogen-bond acceptors (Lipinski definition) is 3. The van der Waals surface area contributed by atoms with Crippen LogP contribution in [-0.4, -0.2) is 26.7 Å². The van der Waals surface area contributed by atoms with E-state index in [-0.39, 0.29) is 5.91 Å². The van der Waals surface area contributed by atoms with Crippen molar-refractivity contribution in [1.82, 2.24) is 5.32 Å². The van der Waals surface area contributed by atoms with Crippen LogP contribution in [0.2, 0.25) is 0 Å². The van der Waals surface area contributed by atoms with Gasteiger partial charge in [0.15, 0.2) is 0 Å². The van der Waals surface area contributed by atoms with Gasteiger partial charge in [0, 0.05) is 19.5 Å². The summed E-state index contributed by atoms with van der Waals surface area (Å²) in [6.07, 6.45) is 4.77. The summed E-state index contributed by atoms with van der Waals surface area (Å²) in [7, 11) is 3.25. The Kier molecular flexibility index (Phi) is 5.77. The zero-order chi connectivity index (χ0) is 13.4. The molecule has 0 aromatic heterocycles. The summed E-state index contributed by atoms with van der Waals surface area (Å²) in [6, 6.07) is 5.68. The minimum Gasteiger partial charge on any atom is -0.497 e. The Morgan fingerprint density at radius 1 is 1.22 bits per heavy atom. The maximum Gasteiger partial charge on any atom is 0.216 e. The number of nitrogens with one attached hydrogen (secondary N) is 1. The highest BCUT2D eigenvalue weighted by atomic mass is 16.5. The Labute approximate surface area is 108 Å². The van der Waals surface area contributed by atoms with Gasteiger partial charge < -0.3 is 14.8 Å². The molecule has 0 unspecified atom stereocenters. The van der Waals surface area contributed by atoms with Crippen molar-refractivity contribution in [1.29, 1.82) is 0 Å². The molecule has 4 heteroatoms. The van der Waals surface area contributed by atoms with Gasteiger partial charge >= 0.3 is 0 Å². The van der Waals surface area contributed by atoms with Crippen LogP contribution < -0.4 is 14.8 Å². The van der Waals surface area contributed by atoms with Crippen molar-refractivity contribution in [3.63, 3.8) is 0 Å². The van der Waals surface area contributed by atoms with Crippen LogP contribution in [0.4, 0.5) is 0 Å². The number of carbonyl (C=O) groups is 1. The molecule has 1 rings (SSSR count). The first-order chi connectivity index (χ1) is 8.65. The summed E-state index contributed by atoms with van der Waals surface area (Å²) in [5, 5.41) is 2.74. The summed E-state index contributed by atoms with van der Waals surface area (Å²) < 4.78 is 10.4. The third-order valence-corrected chi connectivity index (χ3v) is 2.37. The van der Waals surface area contributed by atoms with Crippen LogP contribution in [-0.2, 0) is 4.79 Å². The molecule has 0 heterocycles. The molecule has 0 aliphatic carbocycles. The SMILES string of the molecule is COc1cc(C=CCCNC(C)=O)cc(OC)c1. The van der Waals surface area contributed by atoms with Crippen molar-refractivity contribution in [3.05, 3.63) is 29.8 Å². The number of rotatable bonds is 6. The minimum atomic E-state index is -0.00792. The van der Waals surface area contributed by atoms with Crippen molar-refractivity contribution >= 4 is 12.0 Å². The van der Waals surface area contributed by atoms with Gasteiger partial charge in [-0.3, -0.25) is 4.79 Å². The van der Waals surface area contributed by atoms with Crippen LogP contribution in [0.1, 0.15) is 18.9 Å². The third kappa shape index (κ3) is 4.91. The molecule has 0 spiro atoms. The molecule has 0 aliphatic rings. The van der Waals surface area contributed by atoms with Gasteiger partial charge in [-0.25, -0.2) is 0 Å². The largest absolute Gasteiger partial charge is 0.497 e. The second-order valence-electron chi connectivity index (χ2n) is 3.82. The predicted molar refractivity (Wildman–Crippen MR) is 71.9 cm³/mol. The molecule has 0 atom stereocenters. The maximum absolute atomic E-state index is 10.7. The number of benzene rings is 1. The second-order valence-corrected chi connectivity index (χ2v) is 3.82. The van der Waals surface area contributed by atoms with Crippen LogP contribution in [0.15, 0.2) is 24.3 Å². The van der Waals surface area contributed by atoms with E-state index in [0.717, 1.165) is 23.5 Å². The number of ether oxygens (including phenoxy) is 2. The molecule has 1 amide bonds.